The van der Waals surface area contributed by atoms with Crippen LogP contribution in [0.3, 0.4) is 0 Å². The van der Waals surface area contributed by atoms with Gasteiger partial charge in [-0.1, -0.05) is 57.8 Å². The third-order valence-corrected chi connectivity index (χ3v) is 6.49. The lowest BCUT2D eigenvalue weighted by Crippen LogP contribution is -2.60. The van der Waals surface area contributed by atoms with Gasteiger partial charge in [0, 0.05) is 23.5 Å². The minimum absolute atomic E-state index is 0.0554. The summed E-state index contributed by atoms with van der Waals surface area (Å²) in [6, 6.07) is 6.54. The Balaban J connectivity index is 2.20. The van der Waals surface area contributed by atoms with Crippen LogP contribution in [0.4, 0.5) is 4.79 Å². The van der Waals surface area contributed by atoms with E-state index in [0.717, 1.165) is 12.0 Å². The maximum atomic E-state index is 13.4. The fourth-order valence-corrected chi connectivity index (χ4v) is 4.21. The minimum atomic E-state index is -1.08. The lowest BCUT2D eigenvalue weighted by Gasteiger charge is -2.51. The number of likely N-dealkylation sites (tertiary alicyclic amines) is 1. The Labute approximate surface area is 191 Å². The van der Waals surface area contributed by atoms with Gasteiger partial charge in [-0.25, -0.2) is 4.79 Å². The van der Waals surface area contributed by atoms with Crippen LogP contribution in [-0.2, 0) is 15.1 Å². The fraction of sp³-hybridized carbons (Fsp3) is 0.667. The highest BCUT2D eigenvalue weighted by atomic mass is 35.5. The molecule has 0 spiro atoms. The molecule has 2 rings (SSSR count). The number of carbonyl (C=O) groups is 2. The molecule has 0 aliphatic carbocycles. The Morgan fingerprint density at radius 3 is 2.32 bits per heavy atom. The van der Waals surface area contributed by atoms with Crippen molar-refractivity contribution in [3.8, 4) is 0 Å². The van der Waals surface area contributed by atoms with Crippen molar-refractivity contribution in [3.05, 3.63) is 34.9 Å². The minimum Gasteiger partial charge on any atom is -0.444 e. The number of hydrogen-bond donors (Lipinski definition) is 2. The second-order valence-corrected chi connectivity index (χ2v) is 10.7. The van der Waals surface area contributed by atoms with Gasteiger partial charge in [-0.3, -0.25) is 4.79 Å². The summed E-state index contributed by atoms with van der Waals surface area (Å²) in [6.07, 6.45) is 0.533. The Morgan fingerprint density at radius 1 is 1.26 bits per heavy atom. The summed E-state index contributed by atoms with van der Waals surface area (Å²) in [5, 5.41) is 14.9. The van der Waals surface area contributed by atoms with Crippen molar-refractivity contribution in [3.63, 3.8) is 0 Å². The van der Waals surface area contributed by atoms with Gasteiger partial charge in [-0.2, -0.15) is 0 Å². The molecule has 2 amide bonds. The first-order valence-electron chi connectivity index (χ1n) is 11.0. The molecule has 31 heavy (non-hydrogen) atoms. The van der Waals surface area contributed by atoms with E-state index < -0.39 is 28.8 Å². The summed E-state index contributed by atoms with van der Waals surface area (Å²) < 4.78 is 5.37. The summed E-state index contributed by atoms with van der Waals surface area (Å²) in [4.78, 5) is 27.5. The average molecular weight is 453 g/mol. The van der Waals surface area contributed by atoms with Gasteiger partial charge in [0.2, 0.25) is 5.91 Å². The topological polar surface area (TPSA) is 78.9 Å². The van der Waals surface area contributed by atoms with Crippen LogP contribution >= 0.6 is 11.6 Å². The number of carbonyl (C=O) groups excluding carboxylic acids is 2. The average Bonchev–Trinajstić information content (AvgIpc) is 2.66. The highest BCUT2D eigenvalue weighted by Crippen LogP contribution is 2.46. The van der Waals surface area contributed by atoms with Crippen molar-refractivity contribution in [1.29, 1.82) is 0 Å². The first-order chi connectivity index (χ1) is 14.2. The number of alkyl carbamates (subject to hydrolysis) is 1. The Kier molecular flexibility index (Phi) is 7.70. The molecular weight excluding hydrogens is 416 g/mol. The molecule has 2 N–H and O–H groups in total. The van der Waals surface area contributed by atoms with Crippen LogP contribution in [0.15, 0.2) is 24.3 Å². The third kappa shape index (κ3) is 5.92. The summed E-state index contributed by atoms with van der Waals surface area (Å²) in [5.74, 6) is -0.202. The third-order valence-electron chi connectivity index (χ3n) is 6.23. The molecule has 1 aromatic carbocycles. The molecule has 6 nitrogen and oxygen atoms in total. The normalized spacial score (nSPS) is 23.1. The van der Waals surface area contributed by atoms with Crippen LogP contribution in [0.1, 0.15) is 66.9 Å². The van der Waals surface area contributed by atoms with Crippen molar-refractivity contribution in [2.45, 2.75) is 78.6 Å². The largest absolute Gasteiger partial charge is 0.444 e. The number of halogens is 1. The van der Waals surface area contributed by atoms with Crippen LogP contribution in [0.2, 0.25) is 5.02 Å². The first kappa shape index (κ1) is 25.5. The SMILES string of the molecule is CC[C@H](C)[C@@H](NC(=O)OC(C)(C)C)C(=O)N1CC[C@](O)(c2ccc(Cl)cc2)C(C)(C)C1. The molecular formula is C24H37ClN2O4. The van der Waals surface area contributed by atoms with Crippen LogP contribution in [0.5, 0.6) is 0 Å². The lowest BCUT2D eigenvalue weighted by molar-refractivity contribution is -0.156. The van der Waals surface area contributed by atoms with E-state index in [4.69, 9.17) is 16.3 Å². The Hall–Kier alpha value is -1.79. The quantitative estimate of drug-likeness (QED) is 0.677. The predicted molar refractivity (Wildman–Crippen MR) is 123 cm³/mol. The predicted octanol–water partition coefficient (Wildman–Crippen LogP) is 4.73. The summed E-state index contributed by atoms with van der Waals surface area (Å²) in [6.45, 7) is 14.0. The summed E-state index contributed by atoms with van der Waals surface area (Å²) in [5.41, 5.74) is -1.53. The van der Waals surface area contributed by atoms with Crippen LogP contribution < -0.4 is 5.32 Å². The van der Waals surface area contributed by atoms with E-state index in [1.807, 2.05) is 39.8 Å². The molecule has 3 atom stereocenters. The molecule has 1 heterocycles. The van der Waals surface area contributed by atoms with Gasteiger partial charge in [0.1, 0.15) is 11.6 Å². The molecule has 1 aliphatic heterocycles. The van der Waals surface area contributed by atoms with Crippen LogP contribution in [0.25, 0.3) is 0 Å². The smallest absolute Gasteiger partial charge is 0.408 e. The van der Waals surface area contributed by atoms with E-state index in [2.05, 4.69) is 5.32 Å². The molecule has 0 unspecified atom stereocenters. The monoisotopic (exact) mass is 452 g/mol. The molecule has 0 bridgehead atoms. The molecule has 1 aliphatic rings. The maximum Gasteiger partial charge on any atom is 0.408 e. The van der Waals surface area contributed by atoms with E-state index in [-0.39, 0.29) is 11.8 Å². The number of benzene rings is 1. The van der Waals surface area contributed by atoms with Crippen LogP contribution in [0, 0.1) is 11.3 Å². The number of nitrogens with zero attached hydrogens (tertiary/aromatic N) is 1. The second-order valence-electron chi connectivity index (χ2n) is 10.3. The van der Waals surface area contributed by atoms with Crippen molar-refractivity contribution in [2.75, 3.05) is 13.1 Å². The zero-order valence-electron chi connectivity index (χ0n) is 19.8. The molecule has 174 valence electrons. The van der Waals surface area contributed by atoms with E-state index in [0.29, 0.717) is 24.5 Å². The standard InChI is InChI=1S/C24H37ClN2O4/c1-8-16(2)19(26-21(29)31-22(3,4)5)20(28)27-14-13-24(30,23(6,7)15-27)17-9-11-18(25)12-10-17/h9-12,16,19,30H,8,13-15H2,1-7H3,(H,26,29)/t16-,19+,24-/m0/s1. The van der Waals surface area contributed by atoms with Crippen molar-refractivity contribution in [2.24, 2.45) is 11.3 Å². The number of rotatable bonds is 5. The lowest BCUT2D eigenvalue weighted by atomic mass is 9.66. The zero-order chi connectivity index (χ0) is 23.6. The molecule has 0 radical (unpaired) electrons. The van der Waals surface area contributed by atoms with Crippen molar-refractivity contribution in [1.82, 2.24) is 10.2 Å². The van der Waals surface area contributed by atoms with Gasteiger partial charge in [-0.05, 0) is 50.8 Å². The fourth-order valence-electron chi connectivity index (χ4n) is 4.09. The number of hydrogen-bond acceptors (Lipinski definition) is 4. The maximum absolute atomic E-state index is 13.4. The summed E-state index contributed by atoms with van der Waals surface area (Å²) in [7, 11) is 0. The highest BCUT2D eigenvalue weighted by Gasteiger charge is 2.50. The molecule has 0 saturated carbocycles. The molecule has 1 aromatic rings. The number of amides is 2. The Morgan fingerprint density at radius 2 is 1.84 bits per heavy atom. The molecule has 0 aromatic heterocycles. The van der Waals surface area contributed by atoms with Gasteiger partial charge in [0.25, 0.3) is 0 Å². The first-order valence-corrected chi connectivity index (χ1v) is 11.3. The number of aliphatic hydroxyl groups is 1. The van der Waals surface area contributed by atoms with Gasteiger partial charge in [0.05, 0.1) is 5.60 Å². The second kappa shape index (κ2) is 9.37. The van der Waals surface area contributed by atoms with Crippen LogP contribution in [-0.4, -0.2) is 46.7 Å². The molecule has 1 fully saturated rings. The van der Waals surface area contributed by atoms with Gasteiger partial charge < -0.3 is 20.1 Å². The Bertz CT molecular complexity index is 788. The van der Waals surface area contributed by atoms with Gasteiger partial charge in [0.15, 0.2) is 0 Å². The van der Waals surface area contributed by atoms with Gasteiger partial charge in [-0.15, -0.1) is 0 Å². The number of ether oxygens (including phenoxy) is 1. The van der Waals surface area contributed by atoms with Gasteiger partial charge >= 0.3 is 6.09 Å². The highest BCUT2D eigenvalue weighted by molar-refractivity contribution is 6.30. The van der Waals surface area contributed by atoms with E-state index in [9.17, 15) is 14.7 Å². The van der Waals surface area contributed by atoms with E-state index >= 15 is 0 Å². The molecule has 7 heteroatoms. The van der Waals surface area contributed by atoms with Crippen molar-refractivity contribution < 1.29 is 19.4 Å². The van der Waals surface area contributed by atoms with E-state index in [1.165, 1.54) is 0 Å². The number of nitrogens with one attached hydrogen (secondary N) is 1. The van der Waals surface area contributed by atoms with Crippen molar-refractivity contribution >= 4 is 23.6 Å². The zero-order valence-corrected chi connectivity index (χ0v) is 20.5. The molecule has 1 saturated heterocycles. The van der Waals surface area contributed by atoms with E-state index in [1.54, 1.807) is 37.8 Å². The summed E-state index contributed by atoms with van der Waals surface area (Å²) >= 11 is 6.01. The number of piperidine rings is 1.